The van der Waals surface area contributed by atoms with Gasteiger partial charge in [-0.1, -0.05) is 30.3 Å². The van der Waals surface area contributed by atoms with Crippen molar-refractivity contribution in [1.29, 1.82) is 0 Å². The summed E-state index contributed by atoms with van der Waals surface area (Å²) in [6, 6.07) is 10.0. The van der Waals surface area contributed by atoms with Gasteiger partial charge in [0.25, 0.3) is 0 Å². The van der Waals surface area contributed by atoms with Crippen molar-refractivity contribution < 1.29 is 9.90 Å². The molecule has 0 aliphatic heterocycles. The monoisotopic (exact) mass is 276 g/mol. The predicted molar refractivity (Wildman–Crippen MR) is 79.2 cm³/mol. The summed E-state index contributed by atoms with van der Waals surface area (Å²) in [4.78, 5) is 14.4. The number of aliphatic hydroxyl groups is 1. The van der Waals surface area contributed by atoms with Crippen LogP contribution in [0.2, 0.25) is 0 Å². The van der Waals surface area contributed by atoms with Crippen LogP contribution in [0, 0.1) is 5.41 Å². The molecule has 0 radical (unpaired) electrons. The van der Waals surface area contributed by atoms with Crippen LogP contribution in [0.15, 0.2) is 30.3 Å². The fourth-order valence-electron chi connectivity index (χ4n) is 2.31. The minimum atomic E-state index is -0.509. The van der Waals surface area contributed by atoms with E-state index in [2.05, 4.69) is 10.2 Å². The number of rotatable bonds is 7. The first-order valence-electron chi connectivity index (χ1n) is 7.19. The van der Waals surface area contributed by atoms with Gasteiger partial charge >= 0.3 is 0 Å². The number of carbonyl (C=O) groups excluding carboxylic acids is 1. The molecule has 1 aliphatic carbocycles. The van der Waals surface area contributed by atoms with E-state index in [1.165, 1.54) is 0 Å². The maximum absolute atomic E-state index is 12.3. The zero-order valence-electron chi connectivity index (χ0n) is 12.3. The van der Waals surface area contributed by atoms with Crippen LogP contribution in [0.1, 0.15) is 30.9 Å². The Morgan fingerprint density at radius 1 is 1.35 bits per heavy atom. The fourth-order valence-corrected chi connectivity index (χ4v) is 2.31. The van der Waals surface area contributed by atoms with Gasteiger partial charge in [0.2, 0.25) is 5.91 Å². The van der Waals surface area contributed by atoms with Crippen LogP contribution in [-0.4, -0.2) is 43.2 Å². The van der Waals surface area contributed by atoms with Gasteiger partial charge in [0.15, 0.2) is 0 Å². The minimum Gasteiger partial charge on any atom is -0.395 e. The molecular formula is C16H24N2O2. The molecule has 4 nitrogen and oxygen atoms in total. The maximum Gasteiger partial charge on any atom is 0.229 e. The normalized spacial score (nSPS) is 17.8. The van der Waals surface area contributed by atoms with Crippen LogP contribution in [0.3, 0.4) is 0 Å². The number of benzene rings is 1. The van der Waals surface area contributed by atoms with E-state index in [9.17, 15) is 9.90 Å². The molecule has 0 unspecified atom stereocenters. The Bertz CT molecular complexity index is 441. The Kier molecular flexibility index (Phi) is 4.78. The van der Waals surface area contributed by atoms with Gasteiger partial charge in [-0.3, -0.25) is 4.79 Å². The van der Waals surface area contributed by atoms with E-state index in [-0.39, 0.29) is 18.6 Å². The molecule has 0 aromatic heterocycles. The van der Waals surface area contributed by atoms with Crippen LogP contribution in [-0.2, 0) is 4.79 Å². The highest BCUT2D eigenvalue weighted by molar-refractivity contribution is 5.85. The molecule has 0 spiro atoms. The van der Waals surface area contributed by atoms with Gasteiger partial charge in [-0.15, -0.1) is 0 Å². The first kappa shape index (κ1) is 15.0. The van der Waals surface area contributed by atoms with Crippen molar-refractivity contribution in [1.82, 2.24) is 10.2 Å². The first-order valence-corrected chi connectivity index (χ1v) is 7.19. The zero-order chi connectivity index (χ0) is 14.6. The van der Waals surface area contributed by atoms with Gasteiger partial charge < -0.3 is 15.3 Å². The third kappa shape index (κ3) is 3.58. The highest BCUT2D eigenvalue weighted by Gasteiger charge is 2.49. The quantitative estimate of drug-likeness (QED) is 0.795. The standard InChI is InChI=1S/C16H24N2O2/c1-18(2)11-8-14(13-6-4-3-5-7-13)17-15(20)16(12-19)9-10-16/h3-7,14,19H,8-12H2,1-2H3,(H,17,20)/t14-/m0/s1. The molecule has 110 valence electrons. The molecule has 0 saturated heterocycles. The van der Waals surface area contributed by atoms with E-state index < -0.39 is 5.41 Å². The second-order valence-electron chi connectivity index (χ2n) is 5.97. The Hall–Kier alpha value is -1.39. The lowest BCUT2D eigenvalue weighted by molar-refractivity contribution is -0.128. The van der Waals surface area contributed by atoms with Crippen molar-refractivity contribution in [2.45, 2.75) is 25.3 Å². The maximum atomic E-state index is 12.3. The molecule has 1 aliphatic rings. The Labute approximate surface area is 120 Å². The van der Waals surface area contributed by atoms with E-state index >= 15 is 0 Å². The predicted octanol–water partition coefficient (Wildman–Crippen LogP) is 1.57. The summed E-state index contributed by atoms with van der Waals surface area (Å²) < 4.78 is 0. The molecule has 1 fully saturated rings. The summed E-state index contributed by atoms with van der Waals surface area (Å²) in [6.45, 7) is 0.861. The van der Waals surface area contributed by atoms with Gasteiger partial charge in [0, 0.05) is 0 Å². The topological polar surface area (TPSA) is 52.6 Å². The summed E-state index contributed by atoms with van der Waals surface area (Å²) in [5.41, 5.74) is 0.613. The van der Waals surface area contributed by atoms with Crippen molar-refractivity contribution in [2.75, 3.05) is 27.2 Å². The van der Waals surface area contributed by atoms with Gasteiger partial charge in [-0.05, 0) is 45.5 Å². The second-order valence-corrected chi connectivity index (χ2v) is 5.97. The molecule has 1 amide bonds. The van der Waals surface area contributed by atoms with Gasteiger partial charge in [-0.25, -0.2) is 0 Å². The Morgan fingerprint density at radius 2 is 2.00 bits per heavy atom. The second kappa shape index (κ2) is 6.37. The van der Waals surface area contributed by atoms with Gasteiger partial charge in [0.05, 0.1) is 18.1 Å². The minimum absolute atomic E-state index is 0.00684. The lowest BCUT2D eigenvalue weighted by Gasteiger charge is -2.23. The summed E-state index contributed by atoms with van der Waals surface area (Å²) in [5.74, 6) is -0.00684. The summed E-state index contributed by atoms with van der Waals surface area (Å²) >= 11 is 0. The number of aliphatic hydroxyl groups excluding tert-OH is 1. The highest BCUT2D eigenvalue weighted by Crippen LogP contribution is 2.45. The van der Waals surface area contributed by atoms with Crippen molar-refractivity contribution in [3.05, 3.63) is 35.9 Å². The third-order valence-corrected chi connectivity index (χ3v) is 4.01. The number of nitrogens with zero attached hydrogens (tertiary/aromatic N) is 1. The summed E-state index contributed by atoms with van der Waals surface area (Å²) in [7, 11) is 4.06. The molecule has 2 rings (SSSR count). The van der Waals surface area contributed by atoms with Crippen molar-refractivity contribution in [3.8, 4) is 0 Å². The number of amides is 1. The summed E-state index contributed by atoms with van der Waals surface area (Å²) in [6.07, 6.45) is 2.46. The molecule has 0 bridgehead atoms. The van der Waals surface area contributed by atoms with Crippen LogP contribution in [0.4, 0.5) is 0 Å². The van der Waals surface area contributed by atoms with E-state index in [0.717, 1.165) is 31.4 Å². The molecule has 1 saturated carbocycles. The van der Waals surface area contributed by atoms with Crippen LogP contribution in [0.5, 0.6) is 0 Å². The van der Waals surface area contributed by atoms with Crippen molar-refractivity contribution in [3.63, 3.8) is 0 Å². The SMILES string of the molecule is CN(C)CC[C@H](NC(=O)C1(CO)CC1)c1ccccc1. The van der Waals surface area contributed by atoms with Crippen LogP contribution >= 0.6 is 0 Å². The molecule has 20 heavy (non-hydrogen) atoms. The zero-order valence-corrected chi connectivity index (χ0v) is 12.3. The number of hydrogen-bond acceptors (Lipinski definition) is 3. The van der Waals surface area contributed by atoms with E-state index in [1.807, 2.05) is 44.4 Å². The van der Waals surface area contributed by atoms with E-state index in [0.29, 0.717) is 0 Å². The van der Waals surface area contributed by atoms with E-state index in [4.69, 9.17) is 0 Å². The Morgan fingerprint density at radius 3 is 2.50 bits per heavy atom. The molecule has 4 heteroatoms. The number of hydrogen-bond donors (Lipinski definition) is 2. The van der Waals surface area contributed by atoms with Gasteiger partial charge in [0.1, 0.15) is 0 Å². The first-order chi connectivity index (χ1) is 9.57. The average molecular weight is 276 g/mol. The van der Waals surface area contributed by atoms with Crippen molar-refractivity contribution >= 4 is 5.91 Å². The van der Waals surface area contributed by atoms with Crippen molar-refractivity contribution in [2.24, 2.45) is 5.41 Å². The third-order valence-electron chi connectivity index (χ3n) is 4.01. The Balaban J connectivity index is 2.05. The molecule has 2 N–H and O–H groups in total. The molecule has 0 heterocycles. The van der Waals surface area contributed by atoms with Crippen LogP contribution in [0.25, 0.3) is 0 Å². The molecule has 1 aromatic rings. The number of carbonyl (C=O) groups is 1. The van der Waals surface area contributed by atoms with E-state index in [1.54, 1.807) is 0 Å². The smallest absolute Gasteiger partial charge is 0.229 e. The fraction of sp³-hybridized carbons (Fsp3) is 0.562. The van der Waals surface area contributed by atoms with Crippen LogP contribution < -0.4 is 5.32 Å². The number of nitrogens with one attached hydrogen (secondary N) is 1. The average Bonchev–Trinajstić information content (AvgIpc) is 3.25. The van der Waals surface area contributed by atoms with Gasteiger partial charge in [-0.2, -0.15) is 0 Å². The molecular weight excluding hydrogens is 252 g/mol. The lowest BCUT2D eigenvalue weighted by atomic mass is 10.0. The molecule has 1 atom stereocenters. The molecule has 1 aromatic carbocycles. The lowest BCUT2D eigenvalue weighted by Crippen LogP contribution is -2.37. The summed E-state index contributed by atoms with van der Waals surface area (Å²) in [5, 5.41) is 12.5. The highest BCUT2D eigenvalue weighted by atomic mass is 16.3. The largest absolute Gasteiger partial charge is 0.395 e.